The summed E-state index contributed by atoms with van der Waals surface area (Å²) in [6.07, 6.45) is -4.51. The van der Waals surface area contributed by atoms with Gasteiger partial charge in [0.15, 0.2) is 0 Å². The summed E-state index contributed by atoms with van der Waals surface area (Å²) < 4.78 is 45.5. The number of ether oxygens (including phenoxy) is 1. The molecule has 1 aromatic heterocycles. The molecule has 0 bridgehead atoms. The largest absolute Gasteiger partial charge is 0.416 e. The lowest BCUT2D eigenvalue weighted by atomic mass is 10.0. The van der Waals surface area contributed by atoms with E-state index >= 15 is 0 Å². The highest BCUT2D eigenvalue weighted by Crippen LogP contribution is 2.36. The van der Waals surface area contributed by atoms with Gasteiger partial charge in [-0.3, -0.25) is 4.79 Å². The van der Waals surface area contributed by atoms with Crippen LogP contribution in [0, 0.1) is 18.8 Å². The van der Waals surface area contributed by atoms with E-state index in [1.807, 2.05) is 4.90 Å². The van der Waals surface area contributed by atoms with Crippen molar-refractivity contribution in [2.45, 2.75) is 26.1 Å². The lowest BCUT2D eigenvalue weighted by Gasteiger charge is -2.21. The third kappa shape index (κ3) is 4.87. The third-order valence-corrected chi connectivity index (χ3v) is 7.13. The number of nitrogens with one attached hydrogen (secondary N) is 2. The quantitative estimate of drug-likeness (QED) is 0.432. The maximum Gasteiger partial charge on any atom is 0.416 e. The van der Waals surface area contributed by atoms with Gasteiger partial charge in [-0.05, 0) is 49.7 Å². The number of anilines is 3. The van der Waals surface area contributed by atoms with Crippen molar-refractivity contribution in [1.29, 1.82) is 0 Å². The van der Waals surface area contributed by atoms with E-state index in [0.29, 0.717) is 77.5 Å². The first-order valence-electron chi connectivity index (χ1n) is 12.1. The predicted molar refractivity (Wildman–Crippen MR) is 135 cm³/mol. The molecule has 0 aliphatic carbocycles. The summed E-state index contributed by atoms with van der Waals surface area (Å²) in [6, 6.07) is 6.52. The number of nitrogens with two attached hydrogens (primary N) is 1. The van der Waals surface area contributed by atoms with E-state index in [9.17, 15) is 18.0 Å². The van der Waals surface area contributed by atoms with Crippen molar-refractivity contribution >= 4 is 34.0 Å². The van der Waals surface area contributed by atoms with Crippen LogP contribution in [0.4, 0.5) is 30.4 Å². The second-order valence-electron chi connectivity index (χ2n) is 9.80. The van der Waals surface area contributed by atoms with Crippen LogP contribution in [0.1, 0.15) is 40.3 Å². The number of hydrogen-bond donors (Lipinski definition) is 3. The van der Waals surface area contributed by atoms with Crippen molar-refractivity contribution in [3.05, 3.63) is 52.8 Å². The highest BCUT2D eigenvalue weighted by atomic mass is 19.4. The highest BCUT2D eigenvalue weighted by Gasteiger charge is 2.39. The van der Waals surface area contributed by atoms with Gasteiger partial charge in [0, 0.05) is 48.7 Å². The molecule has 2 aliphatic heterocycles. The molecule has 2 aromatic carbocycles. The predicted octanol–water partition coefficient (Wildman–Crippen LogP) is 4.47. The number of carbonyl (C=O) groups excluding carboxylic acids is 1. The summed E-state index contributed by atoms with van der Waals surface area (Å²) >= 11 is 0. The van der Waals surface area contributed by atoms with Crippen molar-refractivity contribution in [2.75, 3.05) is 49.7 Å². The fourth-order valence-electron chi connectivity index (χ4n) is 5.19. The number of benzene rings is 2. The number of nitrogen functional groups attached to an aromatic ring is 1. The first-order valence-corrected chi connectivity index (χ1v) is 12.1. The topological polar surface area (TPSA) is 105 Å². The summed E-state index contributed by atoms with van der Waals surface area (Å²) in [6.45, 7) is 6.16. The molecule has 196 valence electrons. The van der Waals surface area contributed by atoms with Gasteiger partial charge in [-0.15, -0.1) is 0 Å². The zero-order valence-electron chi connectivity index (χ0n) is 20.8. The number of aryl methyl sites for hydroxylation is 1. The Kier molecular flexibility index (Phi) is 6.35. The SMILES string of the molecule is CNc1cc2c(NC(C)c3cc(N)cc(C(F)(F)F)c3)nc(C)nc2cc1C(=O)N1CC2COCC2C1. The van der Waals surface area contributed by atoms with E-state index in [4.69, 9.17) is 10.5 Å². The van der Waals surface area contributed by atoms with Gasteiger partial charge in [0.1, 0.15) is 11.6 Å². The minimum absolute atomic E-state index is 0.0282. The van der Waals surface area contributed by atoms with Gasteiger partial charge in [-0.1, -0.05) is 0 Å². The Morgan fingerprint density at radius 2 is 1.84 bits per heavy atom. The molecule has 3 heterocycles. The Morgan fingerprint density at radius 3 is 2.49 bits per heavy atom. The van der Waals surface area contributed by atoms with E-state index in [0.717, 1.165) is 12.1 Å². The molecule has 1 amide bonds. The van der Waals surface area contributed by atoms with Crippen LogP contribution in [-0.4, -0.2) is 54.1 Å². The van der Waals surface area contributed by atoms with Crippen LogP contribution < -0.4 is 16.4 Å². The molecule has 2 saturated heterocycles. The molecule has 3 unspecified atom stereocenters. The molecule has 4 N–H and O–H groups in total. The number of amides is 1. The molecular formula is C26H29F3N6O2. The number of nitrogens with zero attached hydrogens (tertiary/aromatic N) is 3. The van der Waals surface area contributed by atoms with E-state index in [1.165, 1.54) is 6.07 Å². The van der Waals surface area contributed by atoms with Crippen LogP contribution >= 0.6 is 0 Å². The molecule has 2 fully saturated rings. The summed E-state index contributed by atoms with van der Waals surface area (Å²) in [5.41, 5.74) is 7.06. The number of halogens is 3. The first-order chi connectivity index (χ1) is 17.5. The van der Waals surface area contributed by atoms with E-state index in [1.54, 1.807) is 33.0 Å². The van der Waals surface area contributed by atoms with Crippen molar-refractivity contribution in [3.63, 3.8) is 0 Å². The van der Waals surface area contributed by atoms with Crippen LogP contribution in [0.2, 0.25) is 0 Å². The molecule has 3 aromatic rings. The second kappa shape index (κ2) is 9.37. The van der Waals surface area contributed by atoms with Crippen LogP contribution in [-0.2, 0) is 10.9 Å². The van der Waals surface area contributed by atoms with Gasteiger partial charge < -0.3 is 26.0 Å². The van der Waals surface area contributed by atoms with Gasteiger partial charge in [-0.2, -0.15) is 13.2 Å². The Hall–Kier alpha value is -3.60. The van der Waals surface area contributed by atoms with Gasteiger partial charge in [0.25, 0.3) is 5.91 Å². The zero-order valence-corrected chi connectivity index (χ0v) is 20.8. The molecule has 5 rings (SSSR count). The van der Waals surface area contributed by atoms with Crippen molar-refractivity contribution in [3.8, 4) is 0 Å². The number of likely N-dealkylation sites (tertiary alicyclic amines) is 1. The maximum atomic E-state index is 13.5. The molecule has 0 saturated carbocycles. The molecule has 0 spiro atoms. The lowest BCUT2D eigenvalue weighted by molar-refractivity contribution is -0.137. The van der Waals surface area contributed by atoms with Crippen LogP contribution in [0.15, 0.2) is 30.3 Å². The summed E-state index contributed by atoms with van der Waals surface area (Å²) in [7, 11) is 1.74. The standard InChI is InChI=1S/C26H29F3N6O2/c1-13(15-4-18(26(27,28)29)6-19(30)5-15)32-24-20-7-22(31-3)21(8-23(20)33-14(2)34-24)25(36)35-9-16-11-37-12-17(16)10-35/h4-8,13,16-17,31H,9-12,30H2,1-3H3,(H,32,33,34). The Labute approximate surface area is 212 Å². The van der Waals surface area contributed by atoms with E-state index in [-0.39, 0.29) is 11.6 Å². The molecule has 2 aliphatic rings. The minimum atomic E-state index is -4.51. The maximum absolute atomic E-state index is 13.5. The summed E-state index contributed by atoms with van der Waals surface area (Å²) in [5, 5.41) is 6.97. The Bertz CT molecular complexity index is 1350. The van der Waals surface area contributed by atoms with E-state index in [2.05, 4.69) is 20.6 Å². The third-order valence-electron chi connectivity index (χ3n) is 7.13. The molecule has 0 radical (unpaired) electrons. The minimum Gasteiger partial charge on any atom is -0.399 e. The van der Waals surface area contributed by atoms with Crippen LogP contribution in [0.5, 0.6) is 0 Å². The average Bonchev–Trinajstić information content (AvgIpc) is 3.44. The number of aromatic nitrogens is 2. The van der Waals surface area contributed by atoms with Crippen LogP contribution in [0.25, 0.3) is 10.9 Å². The first kappa shape index (κ1) is 25.1. The normalized spacial score (nSPS) is 20.2. The fraction of sp³-hybridized carbons (Fsp3) is 0.423. The molecule has 37 heavy (non-hydrogen) atoms. The van der Waals surface area contributed by atoms with Gasteiger partial charge >= 0.3 is 6.18 Å². The molecule has 11 heteroatoms. The van der Waals surface area contributed by atoms with E-state index < -0.39 is 17.8 Å². The Morgan fingerprint density at radius 1 is 1.14 bits per heavy atom. The fourth-order valence-corrected chi connectivity index (χ4v) is 5.19. The number of fused-ring (bicyclic) bond motifs is 2. The van der Waals surface area contributed by atoms with Gasteiger partial charge in [-0.25, -0.2) is 9.97 Å². The van der Waals surface area contributed by atoms with Crippen molar-refractivity contribution < 1.29 is 22.7 Å². The van der Waals surface area contributed by atoms with Crippen molar-refractivity contribution in [1.82, 2.24) is 14.9 Å². The number of hydrogen-bond acceptors (Lipinski definition) is 7. The van der Waals surface area contributed by atoms with Crippen molar-refractivity contribution in [2.24, 2.45) is 11.8 Å². The van der Waals surface area contributed by atoms with Gasteiger partial charge in [0.05, 0.1) is 35.9 Å². The Balaban J connectivity index is 1.48. The molecule has 3 atom stereocenters. The second-order valence-corrected chi connectivity index (χ2v) is 9.80. The highest BCUT2D eigenvalue weighted by molar-refractivity contribution is 6.05. The number of carbonyl (C=O) groups is 1. The lowest BCUT2D eigenvalue weighted by Crippen LogP contribution is -2.30. The van der Waals surface area contributed by atoms with Gasteiger partial charge in [0.2, 0.25) is 0 Å². The van der Waals surface area contributed by atoms with Crippen LogP contribution in [0.3, 0.4) is 0 Å². The smallest absolute Gasteiger partial charge is 0.399 e. The monoisotopic (exact) mass is 514 g/mol. The zero-order chi connectivity index (χ0) is 26.5. The average molecular weight is 515 g/mol. The summed E-state index contributed by atoms with van der Waals surface area (Å²) in [4.78, 5) is 24.4. The molecule has 8 nitrogen and oxygen atoms in total. The number of alkyl halides is 3. The summed E-state index contributed by atoms with van der Waals surface area (Å²) in [5.74, 6) is 1.59. The number of rotatable bonds is 5. The molecular weight excluding hydrogens is 485 g/mol.